The third-order valence-corrected chi connectivity index (χ3v) is 10.5. The van der Waals surface area contributed by atoms with Crippen molar-refractivity contribution in [2.75, 3.05) is 26.3 Å². The highest BCUT2D eigenvalue weighted by molar-refractivity contribution is 14.1. The lowest BCUT2D eigenvalue weighted by Gasteiger charge is -2.43. The molecular formula is C34H51IN2O6. The number of benzene rings is 1. The molecule has 240 valence electrons. The van der Waals surface area contributed by atoms with Crippen LogP contribution in [0.4, 0.5) is 0 Å². The highest BCUT2D eigenvalue weighted by Gasteiger charge is 2.42. The van der Waals surface area contributed by atoms with Gasteiger partial charge in [-0.15, -0.1) is 0 Å². The predicted octanol–water partition coefficient (Wildman–Crippen LogP) is 5.09. The monoisotopic (exact) mass is 710 g/mol. The zero-order valence-corrected chi connectivity index (χ0v) is 28.2. The van der Waals surface area contributed by atoms with Crippen molar-refractivity contribution in [2.24, 2.45) is 23.7 Å². The minimum absolute atomic E-state index is 0.0333. The summed E-state index contributed by atoms with van der Waals surface area (Å²) in [6.45, 7) is 7.17. The number of hydrogen-bond acceptors (Lipinski definition) is 6. The van der Waals surface area contributed by atoms with Crippen molar-refractivity contribution in [3.8, 4) is 5.75 Å². The maximum absolute atomic E-state index is 14.1. The number of nitrogens with zero attached hydrogens (tertiary/aromatic N) is 1. The van der Waals surface area contributed by atoms with Gasteiger partial charge >= 0.3 is 0 Å². The SMILES string of the molecule is CC(C)[C@H]1CC[C@H](C)C[C@@H]1OCC(=O)N(CC1CCCCC1)[C@@H]1CC(C(=O)NCCO)=C[C@H](Oc2ccccc2I)[C@H]1O. The fourth-order valence-corrected chi connectivity index (χ4v) is 7.62. The van der Waals surface area contributed by atoms with Gasteiger partial charge in [0, 0.05) is 25.1 Å². The first-order chi connectivity index (χ1) is 20.7. The fourth-order valence-electron chi connectivity index (χ4n) is 7.10. The van der Waals surface area contributed by atoms with Gasteiger partial charge in [0.15, 0.2) is 0 Å². The highest BCUT2D eigenvalue weighted by Crippen LogP contribution is 2.36. The molecule has 0 unspecified atom stereocenters. The lowest BCUT2D eigenvalue weighted by atomic mass is 9.75. The second-order valence-electron chi connectivity index (χ2n) is 13.2. The first-order valence-corrected chi connectivity index (χ1v) is 17.4. The van der Waals surface area contributed by atoms with E-state index in [1.165, 1.54) is 12.8 Å². The number of hydrogen-bond donors (Lipinski definition) is 3. The van der Waals surface area contributed by atoms with E-state index in [1.54, 1.807) is 11.0 Å². The van der Waals surface area contributed by atoms with Crippen LogP contribution < -0.4 is 10.1 Å². The van der Waals surface area contributed by atoms with Crippen LogP contribution in [-0.4, -0.2) is 77.6 Å². The van der Waals surface area contributed by atoms with Crippen molar-refractivity contribution >= 4 is 34.4 Å². The van der Waals surface area contributed by atoms with Crippen LogP contribution in [0.5, 0.6) is 5.75 Å². The second kappa shape index (κ2) is 16.6. The van der Waals surface area contributed by atoms with Crippen LogP contribution in [0.2, 0.25) is 0 Å². The summed E-state index contributed by atoms with van der Waals surface area (Å²) >= 11 is 2.19. The minimum atomic E-state index is -1.03. The number of halogens is 1. The first-order valence-electron chi connectivity index (χ1n) is 16.3. The lowest BCUT2D eigenvalue weighted by Crippen LogP contribution is -2.57. The van der Waals surface area contributed by atoms with E-state index >= 15 is 0 Å². The molecule has 0 aliphatic heterocycles. The molecule has 3 N–H and O–H groups in total. The van der Waals surface area contributed by atoms with Crippen molar-refractivity contribution in [1.29, 1.82) is 0 Å². The average molecular weight is 711 g/mol. The van der Waals surface area contributed by atoms with E-state index < -0.39 is 18.2 Å². The predicted molar refractivity (Wildman–Crippen MR) is 176 cm³/mol. The summed E-state index contributed by atoms with van der Waals surface area (Å²) < 4.78 is 13.6. The van der Waals surface area contributed by atoms with Gasteiger partial charge in [-0.2, -0.15) is 0 Å². The number of rotatable bonds is 12. The number of ether oxygens (including phenoxy) is 2. The Balaban J connectivity index is 1.59. The van der Waals surface area contributed by atoms with Gasteiger partial charge in [0.05, 0.1) is 22.3 Å². The van der Waals surface area contributed by atoms with Gasteiger partial charge in [-0.3, -0.25) is 9.59 Å². The Hall–Kier alpha value is -1.69. The van der Waals surface area contributed by atoms with Crippen molar-refractivity contribution < 1.29 is 29.3 Å². The lowest BCUT2D eigenvalue weighted by molar-refractivity contribution is -0.149. The van der Waals surface area contributed by atoms with Crippen LogP contribution in [0.25, 0.3) is 0 Å². The molecule has 2 amide bonds. The van der Waals surface area contributed by atoms with Gasteiger partial charge in [-0.25, -0.2) is 0 Å². The van der Waals surface area contributed by atoms with Gasteiger partial charge in [-0.1, -0.05) is 58.6 Å². The molecule has 9 heteroatoms. The summed E-state index contributed by atoms with van der Waals surface area (Å²) in [5.41, 5.74) is 0.447. The van der Waals surface area contributed by atoms with Crippen LogP contribution >= 0.6 is 22.6 Å². The standard InChI is InChI=1S/C34H51IN2O6/c1-22(2)26-14-13-23(3)17-30(26)42-21-32(39)37(20-24-9-5-4-6-10-24)28-18-25(34(41)36-15-16-38)19-31(33(28)40)43-29-12-8-7-11-27(29)35/h7-8,11-12,19,22-24,26,28,30-31,33,38,40H,4-6,9-10,13-18,20-21H2,1-3H3,(H,36,41)/t23-,26+,28+,30-,31-,33-/m0/s1. The van der Waals surface area contributed by atoms with Crippen molar-refractivity contribution in [3.63, 3.8) is 0 Å². The molecule has 2 saturated carbocycles. The average Bonchev–Trinajstić information content (AvgIpc) is 3.00. The molecule has 0 heterocycles. The zero-order chi connectivity index (χ0) is 30.9. The zero-order valence-electron chi connectivity index (χ0n) is 26.1. The van der Waals surface area contributed by atoms with Gasteiger partial charge in [-0.05, 0) is 90.2 Å². The van der Waals surface area contributed by atoms with E-state index in [2.05, 4.69) is 48.7 Å². The molecule has 4 rings (SSSR count). The molecule has 8 nitrogen and oxygen atoms in total. The Morgan fingerprint density at radius 1 is 1.12 bits per heavy atom. The minimum Gasteiger partial charge on any atom is -0.482 e. The molecule has 43 heavy (non-hydrogen) atoms. The van der Waals surface area contributed by atoms with Crippen molar-refractivity contribution in [3.05, 3.63) is 39.5 Å². The van der Waals surface area contributed by atoms with E-state index in [0.717, 1.165) is 42.1 Å². The van der Waals surface area contributed by atoms with Crippen LogP contribution in [0.15, 0.2) is 35.9 Å². The third kappa shape index (κ3) is 9.41. The Labute approximate surface area is 271 Å². The molecule has 0 bridgehead atoms. The van der Waals surface area contributed by atoms with Gasteiger partial charge in [0.2, 0.25) is 11.8 Å². The maximum Gasteiger partial charge on any atom is 0.248 e. The Bertz CT molecular complexity index is 1090. The van der Waals surface area contributed by atoms with Crippen LogP contribution in [0.3, 0.4) is 0 Å². The van der Waals surface area contributed by atoms with Crippen LogP contribution in [0.1, 0.15) is 78.6 Å². The van der Waals surface area contributed by atoms with Crippen LogP contribution in [-0.2, 0) is 14.3 Å². The molecule has 0 spiro atoms. The summed E-state index contributed by atoms with van der Waals surface area (Å²) in [5, 5.41) is 23.8. The molecule has 0 radical (unpaired) electrons. The Morgan fingerprint density at radius 2 is 1.86 bits per heavy atom. The van der Waals surface area contributed by atoms with Crippen molar-refractivity contribution in [2.45, 2.75) is 103 Å². The molecule has 2 fully saturated rings. The number of para-hydroxylation sites is 1. The summed E-state index contributed by atoms with van der Waals surface area (Å²) in [5.74, 6) is 1.97. The fraction of sp³-hybridized carbons (Fsp3) is 0.706. The van der Waals surface area contributed by atoms with E-state index in [4.69, 9.17) is 9.47 Å². The number of aliphatic hydroxyl groups excluding tert-OH is 2. The highest BCUT2D eigenvalue weighted by atomic mass is 127. The Morgan fingerprint density at radius 3 is 2.56 bits per heavy atom. The number of carbonyl (C=O) groups is 2. The summed E-state index contributed by atoms with van der Waals surface area (Å²) in [4.78, 5) is 29.1. The molecule has 6 atom stereocenters. The van der Waals surface area contributed by atoms with Gasteiger partial charge < -0.3 is 29.9 Å². The third-order valence-electron chi connectivity index (χ3n) is 9.60. The van der Waals surface area contributed by atoms with E-state index in [0.29, 0.717) is 41.5 Å². The molecule has 1 aromatic rings. The largest absolute Gasteiger partial charge is 0.482 e. The smallest absolute Gasteiger partial charge is 0.248 e. The summed E-state index contributed by atoms with van der Waals surface area (Å²) in [6, 6.07) is 6.91. The van der Waals surface area contributed by atoms with Gasteiger partial charge in [0.1, 0.15) is 24.6 Å². The molecule has 3 aliphatic carbocycles. The normalized spacial score (nSPS) is 28.3. The number of amides is 2. The quantitative estimate of drug-likeness (QED) is 0.261. The van der Waals surface area contributed by atoms with E-state index in [9.17, 15) is 19.8 Å². The summed E-state index contributed by atoms with van der Waals surface area (Å²) in [6.07, 6.45) is 8.89. The second-order valence-corrected chi connectivity index (χ2v) is 14.3. The number of aliphatic hydroxyl groups is 2. The molecule has 0 aromatic heterocycles. The first kappa shape index (κ1) is 34.2. The van der Waals surface area contributed by atoms with Crippen molar-refractivity contribution in [1.82, 2.24) is 10.2 Å². The van der Waals surface area contributed by atoms with E-state index in [-0.39, 0.29) is 44.1 Å². The molecular weight excluding hydrogens is 659 g/mol. The number of carbonyl (C=O) groups excluding carboxylic acids is 2. The van der Waals surface area contributed by atoms with Gasteiger partial charge in [0.25, 0.3) is 0 Å². The van der Waals surface area contributed by atoms with E-state index in [1.807, 2.05) is 24.3 Å². The number of nitrogens with one attached hydrogen (secondary N) is 1. The van der Waals surface area contributed by atoms with Crippen LogP contribution in [0, 0.1) is 27.2 Å². The maximum atomic E-state index is 14.1. The topological polar surface area (TPSA) is 108 Å². The molecule has 1 aromatic carbocycles. The molecule has 0 saturated heterocycles. The summed E-state index contributed by atoms with van der Waals surface area (Å²) in [7, 11) is 0. The Kier molecular flexibility index (Phi) is 13.2. The molecule has 3 aliphatic rings.